The second kappa shape index (κ2) is 21.1. The van der Waals surface area contributed by atoms with Gasteiger partial charge >= 0.3 is 34.1 Å². The van der Waals surface area contributed by atoms with E-state index in [1.165, 1.54) is 19.3 Å². The summed E-state index contributed by atoms with van der Waals surface area (Å²) in [5.74, 6) is 1.25. The van der Waals surface area contributed by atoms with Gasteiger partial charge in [-0.2, -0.15) is 0 Å². The molecule has 3 N–H and O–H groups in total. The molecule has 0 spiro atoms. The van der Waals surface area contributed by atoms with E-state index < -0.39 is 0 Å². The Hall–Kier alpha value is 0.139. The molecule has 4 aliphatic heterocycles. The molecule has 0 aromatic rings. The number of hydrogen-bond donors (Lipinski definition) is 1. The van der Waals surface area contributed by atoms with Crippen molar-refractivity contribution in [2.75, 3.05) is 111 Å². The normalized spacial score (nSPS) is 28.5. The zero-order chi connectivity index (χ0) is 27.6. The molecular formula is C29H56Cu2N10O2-2. The summed E-state index contributed by atoms with van der Waals surface area (Å²) in [6.45, 7) is 19.1. The molecule has 43 heavy (non-hydrogen) atoms. The molecular weight excluding hydrogens is 647 g/mol. The van der Waals surface area contributed by atoms with Crippen LogP contribution in [0.1, 0.15) is 39.0 Å². The van der Waals surface area contributed by atoms with Crippen LogP contribution in [-0.4, -0.2) is 158 Å². The number of aliphatic hydroxyl groups is 1. The maximum atomic E-state index is 11.8. The largest absolute Gasteiger partial charge is 1.00 e. The summed E-state index contributed by atoms with van der Waals surface area (Å²) in [6, 6.07) is 0. The van der Waals surface area contributed by atoms with Crippen molar-refractivity contribution in [3.63, 3.8) is 0 Å². The van der Waals surface area contributed by atoms with Crippen LogP contribution in [0, 0.1) is 17.8 Å². The molecule has 0 aromatic heterocycles. The maximum absolute atomic E-state index is 11.8. The van der Waals surface area contributed by atoms with E-state index in [2.05, 4.69) is 70.7 Å². The van der Waals surface area contributed by atoms with Crippen LogP contribution in [0.25, 0.3) is 21.7 Å². The van der Waals surface area contributed by atoms with Crippen molar-refractivity contribution in [2.24, 2.45) is 17.8 Å². The first-order valence-electron chi connectivity index (χ1n) is 16.1. The van der Waals surface area contributed by atoms with Gasteiger partial charge in [-0.1, -0.05) is 32.3 Å². The summed E-state index contributed by atoms with van der Waals surface area (Å²) in [6.07, 6.45) is 9.70. The van der Waals surface area contributed by atoms with Crippen molar-refractivity contribution in [3.8, 4) is 0 Å². The predicted octanol–water partition coefficient (Wildman–Crippen LogP) is 1.89. The van der Waals surface area contributed by atoms with Gasteiger partial charge in [0, 0.05) is 45.8 Å². The SMILES string of the molecule is CC1CC(CN(CCN2C=CC[N-]2)CCN2CCC[N-]2)C(O)C(CN(CCN2CCC[N-]2)CCN2CCC[N-]2)C1.O.[Cu+].[Cu+]. The Morgan fingerprint density at radius 2 is 1.14 bits per heavy atom. The van der Waals surface area contributed by atoms with Gasteiger partial charge in [-0.25, -0.2) is 0 Å². The van der Waals surface area contributed by atoms with Crippen LogP contribution in [0.15, 0.2) is 12.3 Å². The van der Waals surface area contributed by atoms with Crippen LogP contribution in [0.5, 0.6) is 0 Å². The Morgan fingerprint density at radius 3 is 1.51 bits per heavy atom. The summed E-state index contributed by atoms with van der Waals surface area (Å²) in [5.41, 5.74) is 18.5. The molecule has 0 radical (unpaired) electrons. The van der Waals surface area contributed by atoms with E-state index in [0.29, 0.717) is 17.8 Å². The summed E-state index contributed by atoms with van der Waals surface area (Å²) in [7, 11) is 0. The van der Waals surface area contributed by atoms with Gasteiger partial charge < -0.3 is 62.1 Å². The van der Waals surface area contributed by atoms with Crippen molar-refractivity contribution < 1.29 is 44.7 Å². The minimum absolute atomic E-state index is 0. The van der Waals surface area contributed by atoms with Crippen LogP contribution < -0.4 is 0 Å². The van der Waals surface area contributed by atoms with E-state index in [1.807, 2.05) is 0 Å². The zero-order valence-electron chi connectivity index (χ0n) is 26.0. The van der Waals surface area contributed by atoms with E-state index in [4.69, 9.17) is 0 Å². The molecule has 5 rings (SSSR count). The maximum Gasteiger partial charge on any atom is 1.00 e. The van der Waals surface area contributed by atoms with Crippen LogP contribution in [-0.2, 0) is 34.1 Å². The minimum atomic E-state index is -0.262. The molecule has 4 atom stereocenters. The second-order valence-electron chi connectivity index (χ2n) is 12.6. The fourth-order valence-electron chi connectivity index (χ4n) is 7.09. The van der Waals surface area contributed by atoms with Crippen LogP contribution in [0.4, 0.5) is 0 Å². The molecule has 1 saturated carbocycles. The average molecular weight is 704 g/mol. The molecule has 5 aliphatic rings. The molecule has 4 unspecified atom stereocenters. The predicted molar refractivity (Wildman–Crippen MR) is 165 cm³/mol. The Kier molecular flexibility index (Phi) is 19.3. The number of hydrogen-bond acceptors (Lipinski definition) is 7. The molecule has 12 nitrogen and oxygen atoms in total. The summed E-state index contributed by atoms with van der Waals surface area (Å²) in [4.78, 5) is 5.17. The third kappa shape index (κ3) is 13.0. The molecule has 4 heterocycles. The van der Waals surface area contributed by atoms with Crippen molar-refractivity contribution in [1.29, 1.82) is 0 Å². The molecule has 0 aromatic carbocycles. The summed E-state index contributed by atoms with van der Waals surface area (Å²) >= 11 is 0. The monoisotopic (exact) mass is 702 g/mol. The van der Waals surface area contributed by atoms with Gasteiger partial charge in [0.2, 0.25) is 0 Å². The van der Waals surface area contributed by atoms with Gasteiger partial charge in [0.1, 0.15) is 0 Å². The van der Waals surface area contributed by atoms with E-state index in [9.17, 15) is 5.11 Å². The third-order valence-electron chi connectivity index (χ3n) is 9.30. The molecule has 4 fully saturated rings. The first kappa shape index (κ1) is 39.3. The quantitative estimate of drug-likeness (QED) is 0.244. The Balaban J connectivity index is 0.00000215. The molecule has 14 heteroatoms. The Labute approximate surface area is 281 Å². The van der Waals surface area contributed by atoms with E-state index in [0.717, 1.165) is 124 Å². The third-order valence-corrected chi connectivity index (χ3v) is 9.30. The first-order chi connectivity index (χ1) is 19.6. The molecule has 258 valence electrons. The summed E-state index contributed by atoms with van der Waals surface area (Å²) < 4.78 is 0. The second-order valence-corrected chi connectivity index (χ2v) is 12.6. The van der Waals surface area contributed by atoms with E-state index in [-0.39, 0.29) is 45.7 Å². The van der Waals surface area contributed by atoms with Gasteiger partial charge in [0.05, 0.1) is 6.10 Å². The van der Waals surface area contributed by atoms with E-state index in [1.54, 1.807) is 0 Å². The summed E-state index contributed by atoms with van der Waals surface area (Å²) in [5, 5.41) is 20.6. The van der Waals surface area contributed by atoms with Gasteiger partial charge in [-0.15, -0.1) is 26.2 Å². The average Bonchev–Trinajstić information content (AvgIpc) is 3.78. The van der Waals surface area contributed by atoms with Crippen LogP contribution in [0.2, 0.25) is 0 Å². The standard InChI is InChI=1S/C29H54N10O.2Cu.H2O/c1-26-22-27(24-34(14-18-36-10-2-6-30-36)15-19-37-11-3-7-31-37)29(40)28(23-26)25-35(16-20-38-12-4-8-32-38)17-21-39-13-5-9-33-39;;;/h2,10,26-29,40H,3-9,11-25H2,1H3;;;1H2/q-4;2*+1;. The molecule has 0 bridgehead atoms. The number of nitrogens with zero attached hydrogens (tertiary/aromatic N) is 10. The smallest absolute Gasteiger partial charge is 0.594 e. The Bertz CT molecular complexity index is 737. The van der Waals surface area contributed by atoms with Gasteiger partial charge in [0.25, 0.3) is 0 Å². The van der Waals surface area contributed by atoms with Crippen molar-refractivity contribution >= 4 is 0 Å². The number of aliphatic hydroxyl groups excluding tert-OH is 1. The molecule has 1 aliphatic carbocycles. The van der Waals surface area contributed by atoms with Gasteiger partial charge in [0.15, 0.2) is 0 Å². The fourth-order valence-corrected chi connectivity index (χ4v) is 7.09. The van der Waals surface area contributed by atoms with Crippen molar-refractivity contribution in [2.45, 2.75) is 45.1 Å². The molecule has 3 saturated heterocycles. The zero-order valence-corrected chi connectivity index (χ0v) is 27.9. The minimum Gasteiger partial charge on any atom is -0.594 e. The van der Waals surface area contributed by atoms with Crippen molar-refractivity contribution in [3.05, 3.63) is 34.0 Å². The Morgan fingerprint density at radius 1 is 0.698 bits per heavy atom. The molecule has 0 amide bonds. The topological polar surface area (TPSA) is 128 Å². The van der Waals surface area contributed by atoms with E-state index >= 15 is 0 Å². The van der Waals surface area contributed by atoms with Crippen LogP contribution >= 0.6 is 0 Å². The van der Waals surface area contributed by atoms with Crippen LogP contribution in [0.3, 0.4) is 0 Å². The number of rotatable bonds is 16. The first-order valence-corrected chi connectivity index (χ1v) is 16.1. The van der Waals surface area contributed by atoms with Gasteiger partial charge in [-0.3, -0.25) is 0 Å². The fraction of sp³-hybridized carbons (Fsp3) is 0.931. The van der Waals surface area contributed by atoms with Crippen molar-refractivity contribution in [1.82, 2.24) is 29.8 Å². The van der Waals surface area contributed by atoms with Gasteiger partial charge in [-0.05, 0) is 76.1 Å².